The van der Waals surface area contributed by atoms with Gasteiger partial charge in [0.05, 0.1) is 5.02 Å². The van der Waals surface area contributed by atoms with Crippen molar-refractivity contribution >= 4 is 41.5 Å². The van der Waals surface area contributed by atoms with Gasteiger partial charge in [0.1, 0.15) is 5.82 Å². The van der Waals surface area contributed by atoms with Gasteiger partial charge in [-0.3, -0.25) is 4.99 Å². The van der Waals surface area contributed by atoms with Gasteiger partial charge >= 0.3 is 0 Å². The van der Waals surface area contributed by atoms with Crippen LogP contribution in [-0.2, 0) is 6.54 Å². The monoisotopic (exact) mass is 399 g/mol. The fourth-order valence-electron chi connectivity index (χ4n) is 1.37. The average Bonchev–Trinajstić information content (AvgIpc) is 2.38. The molecule has 0 saturated carbocycles. The first-order valence-corrected chi connectivity index (χ1v) is 6.35. The number of aliphatic imine (C=N–C) groups is 1. The molecule has 1 aromatic rings. The zero-order chi connectivity index (χ0) is 13.5. The number of hydrogen-bond acceptors (Lipinski definition) is 1. The maximum atomic E-state index is 13.0. The van der Waals surface area contributed by atoms with Crippen LogP contribution in [0.5, 0.6) is 0 Å². The van der Waals surface area contributed by atoms with E-state index in [0.29, 0.717) is 12.6 Å². The summed E-state index contributed by atoms with van der Waals surface area (Å²) >= 11 is 5.72. The van der Waals surface area contributed by atoms with Gasteiger partial charge < -0.3 is 10.6 Å². The molecular formula is C13H20ClFIN3. The van der Waals surface area contributed by atoms with Crippen molar-refractivity contribution in [3.05, 3.63) is 34.6 Å². The van der Waals surface area contributed by atoms with Crippen molar-refractivity contribution in [1.82, 2.24) is 10.6 Å². The second-order valence-electron chi connectivity index (χ2n) is 4.13. The van der Waals surface area contributed by atoms with E-state index < -0.39 is 5.82 Å². The molecule has 1 atom stereocenters. The number of halogens is 3. The fourth-order valence-corrected chi connectivity index (χ4v) is 1.57. The second-order valence-corrected chi connectivity index (χ2v) is 4.54. The first-order valence-electron chi connectivity index (χ1n) is 5.98. The van der Waals surface area contributed by atoms with Crippen LogP contribution in [0.1, 0.15) is 25.8 Å². The predicted molar refractivity (Wildman–Crippen MR) is 89.9 cm³/mol. The lowest BCUT2D eigenvalue weighted by atomic mass is 10.2. The highest BCUT2D eigenvalue weighted by molar-refractivity contribution is 14.0. The van der Waals surface area contributed by atoms with Gasteiger partial charge in [-0.15, -0.1) is 24.0 Å². The van der Waals surface area contributed by atoms with Gasteiger partial charge in [-0.2, -0.15) is 0 Å². The Morgan fingerprint density at radius 2 is 2.16 bits per heavy atom. The molecule has 0 saturated heterocycles. The third kappa shape index (κ3) is 6.42. The van der Waals surface area contributed by atoms with Gasteiger partial charge in [-0.05, 0) is 31.0 Å². The number of hydrogen-bond donors (Lipinski definition) is 2. The van der Waals surface area contributed by atoms with Gasteiger partial charge in [0.25, 0.3) is 0 Å². The molecule has 0 bridgehead atoms. The zero-order valence-corrected chi connectivity index (χ0v) is 14.4. The van der Waals surface area contributed by atoms with Crippen LogP contribution in [0.25, 0.3) is 0 Å². The number of benzene rings is 1. The molecule has 1 rings (SSSR count). The summed E-state index contributed by atoms with van der Waals surface area (Å²) in [6.07, 6.45) is 1.02. The number of nitrogens with zero attached hydrogens (tertiary/aromatic N) is 1. The molecule has 0 fully saturated rings. The highest BCUT2D eigenvalue weighted by atomic mass is 127. The van der Waals surface area contributed by atoms with Crippen molar-refractivity contribution < 1.29 is 4.39 Å². The minimum Gasteiger partial charge on any atom is -0.354 e. The summed E-state index contributed by atoms with van der Waals surface area (Å²) < 4.78 is 13.0. The van der Waals surface area contributed by atoms with E-state index in [0.717, 1.165) is 17.9 Å². The van der Waals surface area contributed by atoms with Gasteiger partial charge in [0.2, 0.25) is 0 Å². The van der Waals surface area contributed by atoms with Crippen LogP contribution >= 0.6 is 35.6 Å². The minimum atomic E-state index is -0.400. The molecule has 1 aromatic carbocycles. The quantitative estimate of drug-likeness (QED) is 0.461. The Morgan fingerprint density at radius 3 is 2.68 bits per heavy atom. The summed E-state index contributed by atoms with van der Waals surface area (Å²) in [5, 5.41) is 6.54. The summed E-state index contributed by atoms with van der Waals surface area (Å²) in [4.78, 5) is 4.12. The fraction of sp³-hybridized carbons (Fsp3) is 0.462. The molecule has 0 amide bonds. The van der Waals surface area contributed by atoms with Crippen LogP contribution in [0.2, 0.25) is 5.02 Å². The predicted octanol–water partition coefficient (Wildman–Crippen LogP) is 3.56. The van der Waals surface area contributed by atoms with Gasteiger partial charge in [-0.25, -0.2) is 4.39 Å². The molecule has 6 heteroatoms. The van der Waals surface area contributed by atoms with Crippen molar-refractivity contribution in [2.75, 3.05) is 7.05 Å². The van der Waals surface area contributed by atoms with Gasteiger partial charge in [0.15, 0.2) is 5.96 Å². The van der Waals surface area contributed by atoms with E-state index >= 15 is 0 Å². The largest absolute Gasteiger partial charge is 0.354 e. The van der Waals surface area contributed by atoms with E-state index in [-0.39, 0.29) is 29.0 Å². The first kappa shape index (κ1) is 18.4. The Morgan fingerprint density at radius 1 is 1.47 bits per heavy atom. The lowest BCUT2D eigenvalue weighted by Crippen LogP contribution is -2.41. The molecule has 2 N–H and O–H groups in total. The molecule has 19 heavy (non-hydrogen) atoms. The summed E-state index contributed by atoms with van der Waals surface area (Å²) in [6, 6.07) is 5.03. The molecule has 3 nitrogen and oxygen atoms in total. The maximum Gasteiger partial charge on any atom is 0.191 e. The van der Waals surface area contributed by atoms with Crippen molar-refractivity contribution in [3.8, 4) is 0 Å². The van der Waals surface area contributed by atoms with Crippen molar-refractivity contribution in [1.29, 1.82) is 0 Å². The van der Waals surface area contributed by atoms with Crippen LogP contribution in [0.4, 0.5) is 4.39 Å². The molecule has 1 unspecified atom stereocenters. The van der Waals surface area contributed by atoms with Crippen molar-refractivity contribution in [3.63, 3.8) is 0 Å². The van der Waals surface area contributed by atoms with Crippen molar-refractivity contribution in [2.45, 2.75) is 32.9 Å². The molecule has 0 aliphatic heterocycles. The molecule has 108 valence electrons. The molecule has 0 aliphatic carbocycles. The highest BCUT2D eigenvalue weighted by Gasteiger charge is 2.04. The van der Waals surface area contributed by atoms with E-state index in [1.807, 2.05) is 0 Å². The zero-order valence-electron chi connectivity index (χ0n) is 11.3. The normalized spacial score (nSPS) is 12.6. The van der Waals surface area contributed by atoms with Crippen molar-refractivity contribution in [2.24, 2.45) is 4.99 Å². The van der Waals surface area contributed by atoms with E-state index in [1.54, 1.807) is 19.2 Å². The summed E-state index contributed by atoms with van der Waals surface area (Å²) in [5.74, 6) is 0.326. The smallest absolute Gasteiger partial charge is 0.191 e. The lowest BCUT2D eigenvalue weighted by molar-refractivity contribution is 0.621. The third-order valence-electron chi connectivity index (χ3n) is 2.66. The Bertz CT molecular complexity index is 426. The average molecular weight is 400 g/mol. The van der Waals surface area contributed by atoms with Crippen LogP contribution in [-0.4, -0.2) is 19.0 Å². The summed E-state index contributed by atoms with van der Waals surface area (Å²) in [7, 11) is 1.72. The topological polar surface area (TPSA) is 36.4 Å². The Hall–Kier alpha value is -0.560. The number of guanidine groups is 1. The first-order chi connectivity index (χ1) is 8.56. The Labute approximate surface area is 136 Å². The summed E-state index contributed by atoms with van der Waals surface area (Å²) in [6.45, 7) is 4.74. The van der Waals surface area contributed by atoms with Crippen LogP contribution in [0.3, 0.4) is 0 Å². The molecule has 0 heterocycles. The second kappa shape index (κ2) is 9.36. The maximum absolute atomic E-state index is 13.0. The van der Waals surface area contributed by atoms with E-state index in [1.165, 1.54) is 6.07 Å². The van der Waals surface area contributed by atoms with E-state index in [2.05, 4.69) is 29.5 Å². The van der Waals surface area contributed by atoms with Crippen LogP contribution in [0, 0.1) is 5.82 Å². The molecule has 0 aliphatic rings. The Balaban J connectivity index is 0.00000324. The number of nitrogens with one attached hydrogen (secondary N) is 2. The summed E-state index contributed by atoms with van der Waals surface area (Å²) in [5.41, 5.74) is 0.911. The van der Waals surface area contributed by atoms with E-state index in [9.17, 15) is 4.39 Å². The lowest BCUT2D eigenvalue weighted by Gasteiger charge is -2.16. The van der Waals surface area contributed by atoms with E-state index in [4.69, 9.17) is 11.6 Å². The van der Waals surface area contributed by atoms with Gasteiger partial charge in [-0.1, -0.05) is 24.6 Å². The highest BCUT2D eigenvalue weighted by Crippen LogP contribution is 2.15. The molecule has 0 aromatic heterocycles. The standard InChI is InChI=1S/C13H19ClFN3.HI/c1-4-9(2)18-13(16-3)17-8-10-5-6-12(15)11(14)7-10;/h5-7,9H,4,8H2,1-3H3,(H2,16,17,18);1H. The number of rotatable bonds is 4. The van der Waals surface area contributed by atoms with Crippen LogP contribution < -0.4 is 10.6 Å². The third-order valence-corrected chi connectivity index (χ3v) is 2.95. The molecular weight excluding hydrogens is 380 g/mol. The molecule has 0 radical (unpaired) electrons. The van der Waals surface area contributed by atoms with Gasteiger partial charge in [0, 0.05) is 19.6 Å². The Kier molecular flexibility index (Phi) is 9.08. The SMILES string of the molecule is CCC(C)NC(=NC)NCc1ccc(F)c(Cl)c1.I. The van der Waals surface area contributed by atoms with Crippen LogP contribution in [0.15, 0.2) is 23.2 Å². The minimum absolute atomic E-state index is 0. The molecule has 0 spiro atoms.